The summed E-state index contributed by atoms with van der Waals surface area (Å²) >= 11 is 0. The SMILES string of the molecule is CCN1CCC(CNC(=O)C(C)N)C1. The van der Waals surface area contributed by atoms with Crippen LogP contribution in [0, 0.1) is 5.92 Å². The third-order valence-corrected chi connectivity index (χ3v) is 2.80. The van der Waals surface area contributed by atoms with Crippen molar-refractivity contribution in [3.63, 3.8) is 0 Å². The zero-order chi connectivity index (χ0) is 10.6. The Hall–Kier alpha value is -0.610. The van der Waals surface area contributed by atoms with Crippen molar-refractivity contribution in [2.75, 3.05) is 26.2 Å². The molecule has 0 radical (unpaired) electrons. The third kappa shape index (κ3) is 3.27. The van der Waals surface area contributed by atoms with Crippen molar-refractivity contribution in [2.45, 2.75) is 26.3 Å². The predicted molar refractivity (Wildman–Crippen MR) is 56.9 cm³/mol. The van der Waals surface area contributed by atoms with Crippen LogP contribution in [0.4, 0.5) is 0 Å². The second-order valence-corrected chi connectivity index (χ2v) is 4.08. The number of likely N-dealkylation sites (tertiary alicyclic amines) is 1. The first-order chi connectivity index (χ1) is 6.63. The molecule has 1 saturated heterocycles. The van der Waals surface area contributed by atoms with E-state index < -0.39 is 6.04 Å². The summed E-state index contributed by atoms with van der Waals surface area (Å²) in [5, 5.41) is 2.88. The van der Waals surface area contributed by atoms with Gasteiger partial charge in [0.2, 0.25) is 5.91 Å². The molecule has 0 aliphatic carbocycles. The zero-order valence-corrected chi connectivity index (χ0v) is 9.12. The van der Waals surface area contributed by atoms with Crippen LogP contribution in [0.2, 0.25) is 0 Å². The van der Waals surface area contributed by atoms with Gasteiger partial charge < -0.3 is 16.0 Å². The Morgan fingerprint density at radius 2 is 2.43 bits per heavy atom. The minimum absolute atomic E-state index is 0.0417. The minimum Gasteiger partial charge on any atom is -0.354 e. The highest BCUT2D eigenvalue weighted by atomic mass is 16.2. The first-order valence-corrected chi connectivity index (χ1v) is 5.39. The Morgan fingerprint density at radius 1 is 1.71 bits per heavy atom. The zero-order valence-electron chi connectivity index (χ0n) is 9.12. The molecule has 1 fully saturated rings. The van der Waals surface area contributed by atoms with Crippen LogP contribution in [0.3, 0.4) is 0 Å². The maximum atomic E-state index is 11.2. The number of carbonyl (C=O) groups is 1. The predicted octanol–water partition coefficient (Wildman–Crippen LogP) is -0.208. The Bertz CT molecular complexity index is 194. The van der Waals surface area contributed by atoms with Crippen LogP contribution >= 0.6 is 0 Å². The summed E-state index contributed by atoms with van der Waals surface area (Å²) in [6.07, 6.45) is 1.19. The third-order valence-electron chi connectivity index (χ3n) is 2.80. The molecular weight excluding hydrogens is 178 g/mol. The molecule has 1 rings (SSSR count). The number of nitrogens with zero attached hydrogens (tertiary/aromatic N) is 1. The van der Waals surface area contributed by atoms with E-state index in [4.69, 9.17) is 5.73 Å². The van der Waals surface area contributed by atoms with Gasteiger partial charge >= 0.3 is 0 Å². The van der Waals surface area contributed by atoms with Gasteiger partial charge in [0.1, 0.15) is 0 Å². The second kappa shape index (κ2) is 5.32. The molecule has 2 unspecified atom stereocenters. The van der Waals surface area contributed by atoms with Gasteiger partial charge in [0.15, 0.2) is 0 Å². The van der Waals surface area contributed by atoms with E-state index in [-0.39, 0.29) is 5.91 Å². The van der Waals surface area contributed by atoms with Gasteiger partial charge in [-0.25, -0.2) is 0 Å². The van der Waals surface area contributed by atoms with Crippen LogP contribution in [0.5, 0.6) is 0 Å². The molecule has 1 aliphatic heterocycles. The fourth-order valence-electron chi connectivity index (χ4n) is 1.77. The van der Waals surface area contributed by atoms with E-state index in [2.05, 4.69) is 17.1 Å². The number of carbonyl (C=O) groups excluding carboxylic acids is 1. The molecule has 0 aromatic rings. The Kier molecular flexibility index (Phi) is 4.35. The number of rotatable bonds is 4. The molecule has 0 spiro atoms. The lowest BCUT2D eigenvalue weighted by Gasteiger charge is -2.14. The second-order valence-electron chi connectivity index (χ2n) is 4.08. The molecule has 14 heavy (non-hydrogen) atoms. The lowest BCUT2D eigenvalue weighted by atomic mass is 10.1. The molecule has 1 amide bonds. The molecule has 0 bridgehead atoms. The summed E-state index contributed by atoms with van der Waals surface area (Å²) < 4.78 is 0. The van der Waals surface area contributed by atoms with E-state index in [0.29, 0.717) is 5.92 Å². The molecule has 0 aromatic carbocycles. The molecule has 0 aromatic heterocycles. The van der Waals surface area contributed by atoms with Crippen LogP contribution in [0.1, 0.15) is 20.3 Å². The average molecular weight is 199 g/mol. The summed E-state index contributed by atoms with van der Waals surface area (Å²) in [6, 6.07) is -0.390. The first-order valence-electron chi connectivity index (χ1n) is 5.39. The van der Waals surface area contributed by atoms with E-state index in [0.717, 1.165) is 26.2 Å². The summed E-state index contributed by atoms with van der Waals surface area (Å²) in [5.74, 6) is 0.567. The summed E-state index contributed by atoms with van der Waals surface area (Å²) in [4.78, 5) is 13.6. The molecule has 1 aliphatic rings. The van der Waals surface area contributed by atoms with E-state index >= 15 is 0 Å². The Morgan fingerprint density at radius 3 is 2.93 bits per heavy atom. The first kappa shape index (κ1) is 11.5. The van der Waals surface area contributed by atoms with Gasteiger partial charge in [-0.1, -0.05) is 6.92 Å². The molecule has 2 atom stereocenters. The van der Waals surface area contributed by atoms with Crippen LogP contribution in [-0.4, -0.2) is 43.0 Å². The highest BCUT2D eigenvalue weighted by Gasteiger charge is 2.21. The number of nitrogens with two attached hydrogens (primary N) is 1. The van der Waals surface area contributed by atoms with Crippen LogP contribution in [-0.2, 0) is 4.79 Å². The van der Waals surface area contributed by atoms with Crippen molar-refractivity contribution in [3.8, 4) is 0 Å². The maximum absolute atomic E-state index is 11.2. The quantitative estimate of drug-likeness (QED) is 0.659. The maximum Gasteiger partial charge on any atom is 0.236 e. The van der Waals surface area contributed by atoms with Crippen LogP contribution in [0.15, 0.2) is 0 Å². The molecule has 4 heteroatoms. The number of nitrogens with one attached hydrogen (secondary N) is 1. The van der Waals surface area contributed by atoms with Gasteiger partial charge in [0.25, 0.3) is 0 Å². The van der Waals surface area contributed by atoms with Gasteiger partial charge in [0, 0.05) is 13.1 Å². The molecular formula is C10H21N3O. The molecule has 0 saturated carbocycles. The smallest absolute Gasteiger partial charge is 0.236 e. The number of amides is 1. The van der Waals surface area contributed by atoms with Crippen molar-refractivity contribution in [1.29, 1.82) is 0 Å². The molecule has 4 nitrogen and oxygen atoms in total. The monoisotopic (exact) mass is 199 g/mol. The van der Waals surface area contributed by atoms with Gasteiger partial charge in [-0.2, -0.15) is 0 Å². The van der Waals surface area contributed by atoms with Crippen LogP contribution in [0.25, 0.3) is 0 Å². The molecule has 82 valence electrons. The lowest BCUT2D eigenvalue weighted by Crippen LogP contribution is -2.40. The van der Waals surface area contributed by atoms with E-state index in [1.807, 2.05) is 0 Å². The van der Waals surface area contributed by atoms with E-state index in [9.17, 15) is 4.79 Å². The van der Waals surface area contributed by atoms with Crippen molar-refractivity contribution in [3.05, 3.63) is 0 Å². The summed E-state index contributed by atoms with van der Waals surface area (Å²) in [5.41, 5.74) is 5.45. The number of hydrogen-bond acceptors (Lipinski definition) is 3. The number of hydrogen-bond donors (Lipinski definition) is 2. The van der Waals surface area contributed by atoms with Gasteiger partial charge in [0.05, 0.1) is 6.04 Å². The van der Waals surface area contributed by atoms with Gasteiger partial charge in [-0.15, -0.1) is 0 Å². The van der Waals surface area contributed by atoms with Crippen molar-refractivity contribution in [2.24, 2.45) is 11.7 Å². The minimum atomic E-state index is -0.390. The normalized spacial score (nSPS) is 24.9. The fraction of sp³-hybridized carbons (Fsp3) is 0.900. The Labute approximate surface area is 85.8 Å². The topological polar surface area (TPSA) is 58.4 Å². The highest BCUT2D eigenvalue weighted by Crippen LogP contribution is 2.14. The Balaban J connectivity index is 2.17. The summed E-state index contributed by atoms with van der Waals surface area (Å²) in [6.45, 7) is 8.03. The van der Waals surface area contributed by atoms with Crippen LogP contribution < -0.4 is 11.1 Å². The standard InChI is InChI=1S/C10H21N3O/c1-3-13-5-4-9(7-13)6-12-10(14)8(2)11/h8-9H,3-7,11H2,1-2H3,(H,12,14). The highest BCUT2D eigenvalue weighted by molar-refractivity contribution is 5.80. The van der Waals surface area contributed by atoms with E-state index in [1.165, 1.54) is 6.42 Å². The van der Waals surface area contributed by atoms with Crippen molar-refractivity contribution >= 4 is 5.91 Å². The largest absolute Gasteiger partial charge is 0.354 e. The van der Waals surface area contributed by atoms with E-state index in [1.54, 1.807) is 6.92 Å². The lowest BCUT2D eigenvalue weighted by molar-refractivity contribution is -0.122. The van der Waals surface area contributed by atoms with Gasteiger partial charge in [-0.3, -0.25) is 4.79 Å². The fourth-order valence-corrected chi connectivity index (χ4v) is 1.77. The summed E-state index contributed by atoms with van der Waals surface area (Å²) in [7, 11) is 0. The molecule has 3 N–H and O–H groups in total. The molecule has 1 heterocycles. The van der Waals surface area contributed by atoms with Crippen molar-refractivity contribution in [1.82, 2.24) is 10.2 Å². The van der Waals surface area contributed by atoms with Gasteiger partial charge in [-0.05, 0) is 32.4 Å². The van der Waals surface area contributed by atoms with Crippen molar-refractivity contribution < 1.29 is 4.79 Å². The average Bonchev–Trinajstić information content (AvgIpc) is 2.61.